The molecule has 0 saturated heterocycles. The number of rotatable bonds is 4. The van der Waals surface area contributed by atoms with Crippen LogP contribution in [0.3, 0.4) is 0 Å². The molecule has 7 nitrogen and oxygen atoms in total. The molecule has 0 radical (unpaired) electrons. The van der Waals surface area contributed by atoms with Crippen molar-refractivity contribution in [3.63, 3.8) is 0 Å². The van der Waals surface area contributed by atoms with Crippen LogP contribution in [-0.4, -0.2) is 53.2 Å². The van der Waals surface area contributed by atoms with Gasteiger partial charge in [-0.25, -0.2) is 9.78 Å². The molecule has 0 atom stereocenters. The number of pyridine rings is 1. The molecule has 1 saturated carbocycles. The first-order valence-electron chi connectivity index (χ1n) is 13.3. The third-order valence-electron chi connectivity index (χ3n) is 7.99. The maximum absolute atomic E-state index is 12.7. The summed E-state index contributed by atoms with van der Waals surface area (Å²) in [6, 6.07) is 20.4. The maximum Gasteiger partial charge on any atom is 0.408 e. The molecule has 2 aromatic carbocycles. The Labute approximate surface area is 224 Å². The molecular weight excluding hydrogens is 476 g/mol. The van der Waals surface area contributed by atoms with E-state index in [-0.39, 0.29) is 5.91 Å². The van der Waals surface area contributed by atoms with Gasteiger partial charge in [-0.3, -0.25) is 9.69 Å². The Morgan fingerprint density at radius 2 is 1.66 bits per heavy atom. The van der Waals surface area contributed by atoms with Gasteiger partial charge in [0, 0.05) is 43.7 Å². The van der Waals surface area contributed by atoms with E-state index in [0.717, 1.165) is 58.7 Å². The fourth-order valence-electron chi connectivity index (χ4n) is 5.95. The second-order valence-corrected chi connectivity index (χ2v) is 11.5. The quantitative estimate of drug-likeness (QED) is 0.439. The third-order valence-corrected chi connectivity index (χ3v) is 7.99. The lowest BCUT2D eigenvalue weighted by atomic mass is 9.69. The number of carbonyl (C=O) groups excluding carboxylic acids is 1. The van der Waals surface area contributed by atoms with Gasteiger partial charge < -0.3 is 14.9 Å². The van der Waals surface area contributed by atoms with E-state index in [2.05, 4.69) is 42.5 Å². The minimum Gasteiger partial charge on any atom is -0.465 e. The van der Waals surface area contributed by atoms with Gasteiger partial charge in [0.25, 0.3) is 0 Å². The molecule has 2 aliphatic rings. The predicted octanol–water partition coefficient (Wildman–Crippen LogP) is 6.38. The van der Waals surface area contributed by atoms with Gasteiger partial charge in [-0.15, -0.1) is 0 Å². The van der Waals surface area contributed by atoms with Crippen LogP contribution in [0.1, 0.15) is 52.0 Å². The summed E-state index contributed by atoms with van der Waals surface area (Å²) in [5.74, 6) is 0.846. The zero-order valence-corrected chi connectivity index (χ0v) is 22.9. The minimum atomic E-state index is -0.887. The Balaban J connectivity index is 1.64. The molecule has 7 heteroatoms. The number of hydrogen-bond donors (Lipinski definition) is 1. The fourth-order valence-corrected chi connectivity index (χ4v) is 5.95. The van der Waals surface area contributed by atoms with Crippen LogP contribution in [0.2, 0.25) is 0 Å². The lowest BCUT2D eigenvalue weighted by molar-refractivity contribution is -0.118. The van der Waals surface area contributed by atoms with Crippen molar-refractivity contribution in [2.75, 3.05) is 30.4 Å². The van der Waals surface area contributed by atoms with Crippen molar-refractivity contribution < 1.29 is 14.7 Å². The molecule has 1 fully saturated rings. The number of benzene rings is 2. The summed E-state index contributed by atoms with van der Waals surface area (Å²) >= 11 is 0. The van der Waals surface area contributed by atoms with Gasteiger partial charge in [0.15, 0.2) is 5.82 Å². The Kier molecular flexibility index (Phi) is 6.41. The summed E-state index contributed by atoms with van der Waals surface area (Å²) in [7, 11) is 3.79. The molecule has 2 amide bonds. The van der Waals surface area contributed by atoms with Crippen molar-refractivity contribution in [2.45, 2.75) is 57.5 Å². The first kappa shape index (κ1) is 25.8. The van der Waals surface area contributed by atoms with Crippen molar-refractivity contribution in [2.24, 2.45) is 0 Å². The second-order valence-electron chi connectivity index (χ2n) is 11.5. The van der Waals surface area contributed by atoms with Crippen LogP contribution in [0.25, 0.3) is 22.4 Å². The van der Waals surface area contributed by atoms with Crippen LogP contribution in [0, 0.1) is 0 Å². The number of amides is 2. The Bertz CT molecular complexity index is 1360. The van der Waals surface area contributed by atoms with Crippen molar-refractivity contribution in [3.8, 4) is 22.4 Å². The van der Waals surface area contributed by atoms with Crippen LogP contribution in [-0.2, 0) is 10.3 Å². The molecule has 38 heavy (non-hydrogen) atoms. The van der Waals surface area contributed by atoms with Crippen molar-refractivity contribution in [1.82, 2.24) is 9.88 Å². The Hall–Kier alpha value is -3.87. The SMILES string of the molecule is CN1CCC(=O)N(C)c2cc(-c3ccccc3)c(-c3ccc(C4(N(C(=O)O)C(C)(C)C)CCC4)cc3)nc21. The predicted molar refractivity (Wildman–Crippen MR) is 152 cm³/mol. The lowest BCUT2D eigenvalue weighted by Gasteiger charge is -2.54. The van der Waals surface area contributed by atoms with Gasteiger partial charge >= 0.3 is 6.09 Å². The van der Waals surface area contributed by atoms with E-state index < -0.39 is 17.2 Å². The molecule has 2 heterocycles. The average Bonchev–Trinajstić information content (AvgIpc) is 2.97. The molecule has 1 aromatic heterocycles. The topological polar surface area (TPSA) is 77.0 Å². The van der Waals surface area contributed by atoms with E-state index in [1.165, 1.54) is 0 Å². The monoisotopic (exact) mass is 512 g/mol. The number of carboxylic acid groups (broad SMARTS) is 1. The molecule has 0 bridgehead atoms. The maximum atomic E-state index is 12.7. The van der Waals surface area contributed by atoms with Gasteiger partial charge in [-0.1, -0.05) is 54.6 Å². The van der Waals surface area contributed by atoms with E-state index in [1.807, 2.05) is 58.0 Å². The van der Waals surface area contributed by atoms with E-state index in [0.29, 0.717) is 13.0 Å². The first-order valence-corrected chi connectivity index (χ1v) is 13.3. The minimum absolute atomic E-state index is 0.0705. The van der Waals surface area contributed by atoms with Gasteiger partial charge in [-0.2, -0.15) is 0 Å². The largest absolute Gasteiger partial charge is 0.465 e. The zero-order valence-electron chi connectivity index (χ0n) is 22.9. The molecule has 5 rings (SSSR count). The van der Waals surface area contributed by atoms with E-state index >= 15 is 0 Å². The average molecular weight is 513 g/mol. The van der Waals surface area contributed by atoms with Gasteiger partial charge in [0.2, 0.25) is 5.91 Å². The Morgan fingerprint density at radius 3 is 2.21 bits per heavy atom. The third kappa shape index (κ3) is 4.30. The number of aromatic nitrogens is 1. The summed E-state index contributed by atoms with van der Waals surface area (Å²) in [6.07, 6.45) is 2.18. The van der Waals surface area contributed by atoms with Crippen LogP contribution >= 0.6 is 0 Å². The smallest absolute Gasteiger partial charge is 0.408 e. The van der Waals surface area contributed by atoms with E-state index in [9.17, 15) is 14.7 Å². The van der Waals surface area contributed by atoms with Crippen LogP contribution in [0.5, 0.6) is 0 Å². The normalized spacial score (nSPS) is 16.9. The molecule has 1 aliphatic carbocycles. The second kappa shape index (κ2) is 9.46. The molecule has 1 N–H and O–H groups in total. The van der Waals surface area contributed by atoms with Gasteiger partial charge in [-0.05, 0) is 57.2 Å². The standard InChI is InChI=1S/C31H36N4O3/c1-30(2,3)35(29(37)38)31(17-9-18-31)23-14-12-22(13-15-23)27-24(21-10-7-6-8-11-21)20-25-28(32-27)33(4)19-16-26(36)34(25)5/h6-8,10-15,20H,9,16-19H2,1-5H3,(H,37,38). The van der Waals surface area contributed by atoms with Crippen LogP contribution < -0.4 is 9.80 Å². The highest BCUT2D eigenvalue weighted by atomic mass is 16.4. The highest BCUT2D eigenvalue weighted by molar-refractivity contribution is 5.99. The zero-order chi connectivity index (χ0) is 27.2. The first-order chi connectivity index (χ1) is 18.0. The molecule has 0 unspecified atom stereocenters. The highest BCUT2D eigenvalue weighted by Crippen LogP contribution is 2.50. The van der Waals surface area contributed by atoms with Crippen molar-refractivity contribution >= 4 is 23.5 Å². The summed E-state index contributed by atoms with van der Waals surface area (Å²) in [6.45, 7) is 6.48. The van der Waals surface area contributed by atoms with Gasteiger partial charge in [0.05, 0.1) is 16.9 Å². The number of carbonyl (C=O) groups is 2. The van der Waals surface area contributed by atoms with Crippen molar-refractivity contribution in [3.05, 3.63) is 66.2 Å². The summed E-state index contributed by atoms with van der Waals surface area (Å²) in [5, 5.41) is 10.1. The Morgan fingerprint density at radius 1 is 1.00 bits per heavy atom. The summed E-state index contributed by atoms with van der Waals surface area (Å²) < 4.78 is 0. The molecule has 1 aliphatic heterocycles. The van der Waals surface area contributed by atoms with Crippen LogP contribution in [0.4, 0.5) is 16.3 Å². The molecular formula is C31H36N4O3. The van der Waals surface area contributed by atoms with Crippen LogP contribution in [0.15, 0.2) is 60.7 Å². The van der Waals surface area contributed by atoms with E-state index in [4.69, 9.17) is 4.98 Å². The number of anilines is 2. The lowest BCUT2D eigenvalue weighted by Crippen LogP contribution is -2.60. The van der Waals surface area contributed by atoms with E-state index in [1.54, 1.807) is 9.80 Å². The number of fused-ring (bicyclic) bond motifs is 1. The molecule has 3 aromatic rings. The number of hydrogen-bond acceptors (Lipinski definition) is 4. The molecule has 198 valence electrons. The summed E-state index contributed by atoms with van der Waals surface area (Å²) in [5.41, 5.74) is 4.54. The van der Waals surface area contributed by atoms with Crippen molar-refractivity contribution in [1.29, 1.82) is 0 Å². The summed E-state index contributed by atoms with van der Waals surface area (Å²) in [4.78, 5) is 35.6. The molecule has 0 spiro atoms. The van der Waals surface area contributed by atoms with Gasteiger partial charge in [0.1, 0.15) is 0 Å². The highest BCUT2D eigenvalue weighted by Gasteiger charge is 2.50. The number of nitrogens with zero attached hydrogens (tertiary/aromatic N) is 4. The fraction of sp³-hybridized carbons (Fsp3) is 0.387.